The Balaban J connectivity index is 1.40. The predicted octanol–water partition coefficient (Wildman–Crippen LogP) is 4.50. The number of sulfonamides is 3. The predicted molar refractivity (Wildman–Crippen MR) is 172 cm³/mol. The molecule has 0 spiro atoms. The van der Waals surface area contributed by atoms with Gasteiger partial charge in [0, 0.05) is 25.3 Å². The Hall–Kier alpha value is -3.50. The zero-order chi connectivity index (χ0) is 32.4. The van der Waals surface area contributed by atoms with Crippen molar-refractivity contribution in [3.05, 3.63) is 113 Å². The van der Waals surface area contributed by atoms with E-state index in [1.54, 1.807) is 36.4 Å². The number of anilines is 2. The third kappa shape index (κ3) is 7.02. The van der Waals surface area contributed by atoms with E-state index < -0.39 is 48.6 Å². The van der Waals surface area contributed by atoms with Gasteiger partial charge in [0.15, 0.2) is 0 Å². The summed E-state index contributed by atoms with van der Waals surface area (Å²) in [5.74, 6) is -0.804. The summed E-state index contributed by atoms with van der Waals surface area (Å²) in [5, 5.41) is 2.79. The lowest BCUT2D eigenvalue weighted by atomic mass is 10.2. The molecule has 236 valence electrons. The van der Waals surface area contributed by atoms with Crippen molar-refractivity contribution in [1.82, 2.24) is 8.61 Å². The van der Waals surface area contributed by atoms with E-state index in [0.717, 1.165) is 8.61 Å². The largest absolute Gasteiger partial charge is 0.325 e. The zero-order valence-electron chi connectivity index (χ0n) is 23.2. The van der Waals surface area contributed by atoms with Crippen LogP contribution in [0.5, 0.6) is 0 Å². The van der Waals surface area contributed by atoms with Gasteiger partial charge >= 0.3 is 0 Å². The van der Waals surface area contributed by atoms with E-state index in [1.165, 1.54) is 66.7 Å². The summed E-state index contributed by atoms with van der Waals surface area (Å²) in [6, 6.07) is 23.3. The molecule has 0 saturated carbocycles. The molecule has 0 bridgehead atoms. The maximum absolute atomic E-state index is 13.7. The van der Waals surface area contributed by atoms with Crippen molar-refractivity contribution in [1.29, 1.82) is 0 Å². The maximum Gasteiger partial charge on any atom is 0.261 e. The van der Waals surface area contributed by atoms with E-state index in [-0.39, 0.29) is 49.2 Å². The van der Waals surface area contributed by atoms with Gasteiger partial charge < -0.3 is 5.32 Å². The Morgan fingerprint density at radius 3 is 1.84 bits per heavy atom. The topological polar surface area (TPSA) is 150 Å². The van der Waals surface area contributed by atoms with Crippen molar-refractivity contribution in [2.45, 2.75) is 20.7 Å². The van der Waals surface area contributed by atoms with Crippen LogP contribution in [-0.4, -0.2) is 65.4 Å². The van der Waals surface area contributed by atoms with E-state index in [0.29, 0.717) is 0 Å². The molecule has 1 heterocycles. The van der Waals surface area contributed by atoms with Crippen LogP contribution in [0.4, 0.5) is 11.4 Å². The van der Waals surface area contributed by atoms with Gasteiger partial charge in [0.25, 0.3) is 10.0 Å². The first kappa shape index (κ1) is 32.9. The van der Waals surface area contributed by atoms with Crippen LogP contribution >= 0.6 is 23.2 Å². The number of benzene rings is 4. The second-order valence-electron chi connectivity index (χ2n) is 9.84. The standard InChI is InChI=1S/C29H26Cl2N4O7S3/c30-25-12-7-13-26(28(25)31)33-43(37,38)22-16-14-21(15-17-22)32-29(36)27-20-34(44(39,40)23-8-3-1-4-9-23)18-19-35(27)45(41,42)24-10-5-2-6-11-24/h1-17,27,33H,18-20H2,(H,32,36)/t27-/m0/s1. The fourth-order valence-corrected chi connectivity index (χ4v) is 9.19. The van der Waals surface area contributed by atoms with Gasteiger partial charge in [0.2, 0.25) is 26.0 Å². The molecule has 11 nitrogen and oxygen atoms in total. The lowest BCUT2D eigenvalue weighted by molar-refractivity contribution is -0.120. The highest BCUT2D eigenvalue weighted by atomic mass is 35.5. The molecule has 0 aliphatic carbocycles. The number of rotatable bonds is 9. The van der Waals surface area contributed by atoms with E-state index >= 15 is 0 Å². The summed E-state index contributed by atoms with van der Waals surface area (Å²) >= 11 is 12.1. The van der Waals surface area contributed by atoms with Crippen molar-refractivity contribution in [3.8, 4) is 0 Å². The molecule has 2 N–H and O–H groups in total. The number of nitrogens with one attached hydrogen (secondary N) is 2. The Morgan fingerprint density at radius 1 is 0.667 bits per heavy atom. The van der Waals surface area contributed by atoms with Crippen molar-refractivity contribution >= 4 is 70.6 Å². The number of carbonyl (C=O) groups excluding carboxylic acids is 1. The number of carbonyl (C=O) groups is 1. The second-order valence-corrected chi connectivity index (χ2v) is 16.1. The minimum atomic E-state index is -4.20. The van der Waals surface area contributed by atoms with Gasteiger partial charge in [-0.1, -0.05) is 65.7 Å². The van der Waals surface area contributed by atoms with Gasteiger partial charge in [-0.2, -0.15) is 8.61 Å². The lowest BCUT2D eigenvalue weighted by Crippen LogP contribution is -2.60. The van der Waals surface area contributed by atoms with Gasteiger partial charge in [0.1, 0.15) is 6.04 Å². The number of piperazine rings is 1. The lowest BCUT2D eigenvalue weighted by Gasteiger charge is -2.38. The van der Waals surface area contributed by atoms with Crippen LogP contribution < -0.4 is 10.0 Å². The van der Waals surface area contributed by atoms with Gasteiger partial charge in [-0.05, 0) is 60.7 Å². The van der Waals surface area contributed by atoms with Crippen LogP contribution in [-0.2, 0) is 34.9 Å². The van der Waals surface area contributed by atoms with Crippen molar-refractivity contribution in [3.63, 3.8) is 0 Å². The minimum Gasteiger partial charge on any atom is -0.325 e. The molecule has 1 fully saturated rings. The quantitative estimate of drug-likeness (QED) is 0.260. The molecule has 4 aromatic carbocycles. The highest BCUT2D eigenvalue weighted by Crippen LogP contribution is 2.31. The molecule has 1 atom stereocenters. The summed E-state index contributed by atoms with van der Waals surface area (Å²) in [4.78, 5) is 13.5. The number of amides is 1. The van der Waals surface area contributed by atoms with Crippen LogP contribution in [0.2, 0.25) is 10.0 Å². The Kier molecular flexibility index (Phi) is 9.56. The molecule has 5 rings (SSSR count). The third-order valence-electron chi connectivity index (χ3n) is 6.96. The minimum absolute atomic E-state index is 0.00740. The molecule has 1 aliphatic rings. The smallest absolute Gasteiger partial charge is 0.261 e. The van der Waals surface area contributed by atoms with E-state index in [1.807, 2.05) is 0 Å². The van der Waals surface area contributed by atoms with Crippen LogP contribution in [0.1, 0.15) is 0 Å². The number of nitrogens with zero attached hydrogens (tertiary/aromatic N) is 2. The van der Waals surface area contributed by atoms with Crippen LogP contribution in [0.3, 0.4) is 0 Å². The molecule has 0 aromatic heterocycles. The first-order valence-electron chi connectivity index (χ1n) is 13.3. The SMILES string of the molecule is O=C(Nc1ccc(S(=O)(=O)Nc2cccc(Cl)c2Cl)cc1)[C@@H]1CN(S(=O)(=O)c2ccccc2)CCN1S(=O)(=O)c1ccccc1. The van der Waals surface area contributed by atoms with E-state index in [9.17, 15) is 30.0 Å². The second kappa shape index (κ2) is 13.1. The van der Waals surface area contributed by atoms with Crippen molar-refractivity contribution in [2.75, 3.05) is 29.7 Å². The van der Waals surface area contributed by atoms with Crippen LogP contribution in [0.25, 0.3) is 0 Å². The summed E-state index contributed by atoms with van der Waals surface area (Å²) < 4.78 is 84.3. The molecule has 45 heavy (non-hydrogen) atoms. The fourth-order valence-electron chi connectivity index (χ4n) is 4.66. The molecule has 0 radical (unpaired) electrons. The first-order chi connectivity index (χ1) is 21.3. The fraction of sp³-hybridized carbons (Fsp3) is 0.138. The summed E-state index contributed by atoms with van der Waals surface area (Å²) in [5.41, 5.74) is 0.230. The molecule has 16 heteroatoms. The highest BCUT2D eigenvalue weighted by molar-refractivity contribution is 7.92. The molecule has 1 amide bonds. The summed E-state index contributed by atoms with van der Waals surface area (Å²) in [6.45, 7) is -0.911. The van der Waals surface area contributed by atoms with Crippen LogP contribution in [0.15, 0.2) is 118 Å². The van der Waals surface area contributed by atoms with Gasteiger partial charge in [-0.15, -0.1) is 0 Å². The molecular formula is C29H26Cl2N4O7S3. The van der Waals surface area contributed by atoms with Gasteiger partial charge in [-0.25, -0.2) is 25.3 Å². The number of hydrogen-bond donors (Lipinski definition) is 2. The summed E-state index contributed by atoms with van der Waals surface area (Å²) in [7, 11) is -12.3. The Morgan fingerprint density at radius 2 is 1.24 bits per heavy atom. The average Bonchev–Trinajstić information content (AvgIpc) is 3.04. The summed E-state index contributed by atoms with van der Waals surface area (Å²) in [6.07, 6.45) is 0. The molecule has 4 aromatic rings. The van der Waals surface area contributed by atoms with E-state index in [4.69, 9.17) is 23.2 Å². The first-order valence-corrected chi connectivity index (χ1v) is 18.4. The number of hydrogen-bond acceptors (Lipinski definition) is 7. The Labute approximate surface area is 271 Å². The maximum atomic E-state index is 13.7. The average molecular weight is 710 g/mol. The molecule has 1 aliphatic heterocycles. The monoisotopic (exact) mass is 708 g/mol. The Bertz CT molecular complexity index is 2030. The van der Waals surface area contributed by atoms with Gasteiger partial charge in [0.05, 0.1) is 30.4 Å². The molecule has 0 unspecified atom stereocenters. The zero-order valence-corrected chi connectivity index (χ0v) is 27.2. The van der Waals surface area contributed by atoms with Crippen LogP contribution in [0, 0.1) is 0 Å². The van der Waals surface area contributed by atoms with Gasteiger partial charge in [-0.3, -0.25) is 9.52 Å². The highest BCUT2D eigenvalue weighted by Gasteiger charge is 2.43. The molecule has 1 saturated heterocycles. The third-order valence-corrected chi connectivity index (χ3v) is 13.0. The number of halogens is 2. The van der Waals surface area contributed by atoms with Crippen molar-refractivity contribution < 1.29 is 30.0 Å². The van der Waals surface area contributed by atoms with E-state index in [2.05, 4.69) is 10.0 Å². The normalized spacial score (nSPS) is 16.6. The van der Waals surface area contributed by atoms with Crippen molar-refractivity contribution in [2.24, 2.45) is 0 Å². The molecular weight excluding hydrogens is 683 g/mol.